The topological polar surface area (TPSA) is 100 Å². The van der Waals surface area contributed by atoms with Gasteiger partial charge in [-0.2, -0.15) is 4.98 Å². The number of aromatic nitrogens is 3. The van der Waals surface area contributed by atoms with Gasteiger partial charge in [-0.1, -0.05) is 32.6 Å². The second-order valence-electron chi connectivity index (χ2n) is 6.56. The molecule has 26 heavy (non-hydrogen) atoms. The standard InChI is InChI=1S/C18H25N5O2S/c1-2-3-9-19-18-20-10-13(16-22-14(11-26-16)17(24)25)15(23-18)21-12-7-5-4-6-8-12/h10-12H,2-9H2,1H3,(H,24,25)(H2,19,20,21,23). The number of carboxylic acid groups (broad SMARTS) is 1. The lowest BCUT2D eigenvalue weighted by Crippen LogP contribution is -2.23. The van der Waals surface area contributed by atoms with E-state index in [4.69, 9.17) is 5.11 Å². The SMILES string of the molecule is CCCCNc1ncc(-c2nc(C(=O)O)cs2)c(NC2CCCCC2)n1. The Balaban J connectivity index is 1.86. The molecular weight excluding hydrogens is 350 g/mol. The average Bonchev–Trinajstić information content (AvgIpc) is 3.13. The molecule has 0 aromatic carbocycles. The summed E-state index contributed by atoms with van der Waals surface area (Å²) < 4.78 is 0. The predicted octanol–water partition coefficient (Wildman–Crippen LogP) is 4.25. The van der Waals surface area contributed by atoms with Gasteiger partial charge in [0, 0.05) is 24.2 Å². The molecular formula is C18H25N5O2S. The quantitative estimate of drug-likeness (QED) is 0.593. The molecule has 0 aliphatic heterocycles. The van der Waals surface area contributed by atoms with E-state index in [0.29, 0.717) is 17.0 Å². The lowest BCUT2D eigenvalue weighted by molar-refractivity contribution is 0.0691. The van der Waals surface area contributed by atoms with Crippen LogP contribution >= 0.6 is 11.3 Å². The summed E-state index contributed by atoms with van der Waals surface area (Å²) >= 11 is 1.30. The van der Waals surface area contributed by atoms with E-state index in [2.05, 4.69) is 32.5 Å². The summed E-state index contributed by atoms with van der Waals surface area (Å²) in [5.74, 6) is 0.306. The van der Waals surface area contributed by atoms with Crippen molar-refractivity contribution in [3.05, 3.63) is 17.3 Å². The van der Waals surface area contributed by atoms with E-state index < -0.39 is 5.97 Å². The van der Waals surface area contributed by atoms with Crippen LogP contribution in [-0.4, -0.2) is 38.6 Å². The first-order chi connectivity index (χ1) is 12.7. The maximum absolute atomic E-state index is 11.1. The van der Waals surface area contributed by atoms with Crippen LogP contribution in [0.25, 0.3) is 10.6 Å². The van der Waals surface area contributed by atoms with E-state index in [1.165, 1.54) is 30.6 Å². The van der Waals surface area contributed by atoms with E-state index in [1.807, 2.05) is 0 Å². The highest BCUT2D eigenvalue weighted by Crippen LogP contribution is 2.31. The first-order valence-corrected chi connectivity index (χ1v) is 10.1. The van der Waals surface area contributed by atoms with Crippen LogP contribution < -0.4 is 10.6 Å². The minimum Gasteiger partial charge on any atom is -0.476 e. The number of anilines is 2. The van der Waals surface area contributed by atoms with Crippen molar-refractivity contribution < 1.29 is 9.90 Å². The molecule has 2 aromatic rings. The van der Waals surface area contributed by atoms with Crippen molar-refractivity contribution in [2.75, 3.05) is 17.2 Å². The van der Waals surface area contributed by atoms with Crippen molar-refractivity contribution in [2.45, 2.75) is 57.9 Å². The summed E-state index contributed by atoms with van der Waals surface area (Å²) in [6.45, 7) is 2.98. The fourth-order valence-corrected chi connectivity index (χ4v) is 3.85. The van der Waals surface area contributed by atoms with Crippen molar-refractivity contribution in [3.63, 3.8) is 0 Å². The third kappa shape index (κ3) is 4.69. The summed E-state index contributed by atoms with van der Waals surface area (Å²) in [7, 11) is 0. The summed E-state index contributed by atoms with van der Waals surface area (Å²) in [4.78, 5) is 24.4. The van der Waals surface area contributed by atoms with Crippen LogP contribution in [0.3, 0.4) is 0 Å². The van der Waals surface area contributed by atoms with Crippen LogP contribution in [-0.2, 0) is 0 Å². The van der Waals surface area contributed by atoms with Crippen LogP contribution in [0, 0.1) is 0 Å². The van der Waals surface area contributed by atoms with Gasteiger partial charge in [0.05, 0.1) is 5.56 Å². The number of thiazole rings is 1. The molecule has 0 unspecified atom stereocenters. The third-order valence-electron chi connectivity index (χ3n) is 4.50. The largest absolute Gasteiger partial charge is 0.476 e. The summed E-state index contributed by atoms with van der Waals surface area (Å²) in [6, 6.07) is 0.389. The highest BCUT2D eigenvalue weighted by molar-refractivity contribution is 7.13. The Morgan fingerprint density at radius 3 is 2.81 bits per heavy atom. The number of nitrogens with zero attached hydrogens (tertiary/aromatic N) is 3. The predicted molar refractivity (Wildman–Crippen MR) is 104 cm³/mol. The maximum atomic E-state index is 11.1. The molecule has 0 saturated heterocycles. The van der Waals surface area contributed by atoms with Crippen molar-refractivity contribution in [1.29, 1.82) is 0 Å². The fraction of sp³-hybridized carbons (Fsp3) is 0.556. The van der Waals surface area contributed by atoms with Gasteiger partial charge in [-0.25, -0.2) is 14.8 Å². The third-order valence-corrected chi connectivity index (χ3v) is 5.38. The molecule has 1 aliphatic carbocycles. The van der Waals surface area contributed by atoms with E-state index >= 15 is 0 Å². The first-order valence-electron chi connectivity index (χ1n) is 9.24. The molecule has 0 radical (unpaired) electrons. The molecule has 2 heterocycles. The Morgan fingerprint density at radius 1 is 1.31 bits per heavy atom. The lowest BCUT2D eigenvalue weighted by atomic mass is 9.95. The molecule has 140 valence electrons. The van der Waals surface area contributed by atoms with Gasteiger partial charge in [-0.3, -0.25) is 0 Å². The van der Waals surface area contributed by atoms with Crippen molar-refractivity contribution in [1.82, 2.24) is 15.0 Å². The van der Waals surface area contributed by atoms with Gasteiger partial charge >= 0.3 is 5.97 Å². The molecule has 0 bridgehead atoms. The number of carbonyl (C=O) groups is 1. The monoisotopic (exact) mass is 375 g/mol. The minimum absolute atomic E-state index is 0.0544. The van der Waals surface area contributed by atoms with Crippen LogP contribution in [0.4, 0.5) is 11.8 Å². The number of hydrogen-bond acceptors (Lipinski definition) is 7. The molecule has 8 heteroatoms. The smallest absolute Gasteiger partial charge is 0.355 e. The molecule has 1 fully saturated rings. The maximum Gasteiger partial charge on any atom is 0.355 e. The summed E-state index contributed by atoms with van der Waals surface area (Å²) in [5.41, 5.74) is 0.813. The minimum atomic E-state index is -1.02. The summed E-state index contributed by atoms with van der Waals surface area (Å²) in [6.07, 6.45) is 9.88. The molecule has 3 rings (SSSR count). The van der Waals surface area contributed by atoms with Gasteiger partial charge < -0.3 is 15.7 Å². The van der Waals surface area contributed by atoms with Gasteiger partial charge in [0.15, 0.2) is 5.69 Å². The zero-order chi connectivity index (χ0) is 18.4. The second kappa shape index (κ2) is 8.93. The molecule has 7 nitrogen and oxygen atoms in total. The van der Waals surface area contributed by atoms with E-state index in [9.17, 15) is 4.79 Å². The highest BCUT2D eigenvalue weighted by Gasteiger charge is 2.19. The first kappa shape index (κ1) is 18.6. The van der Waals surface area contributed by atoms with E-state index in [0.717, 1.165) is 43.6 Å². The number of rotatable bonds is 8. The van der Waals surface area contributed by atoms with Crippen LogP contribution in [0.1, 0.15) is 62.4 Å². The van der Waals surface area contributed by atoms with Crippen molar-refractivity contribution >= 4 is 29.1 Å². The second-order valence-corrected chi connectivity index (χ2v) is 7.42. The molecule has 1 saturated carbocycles. The van der Waals surface area contributed by atoms with E-state index in [1.54, 1.807) is 11.6 Å². The number of nitrogens with one attached hydrogen (secondary N) is 2. The van der Waals surface area contributed by atoms with Gasteiger partial charge in [-0.05, 0) is 19.3 Å². The molecule has 1 aliphatic rings. The van der Waals surface area contributed by atoms with Gasteiger partial charge in [0.25, 0.3) is 0 Å². The fourth-order valence-electron chi connectivity index (χ4n) is 3.05. The Hall–Kier alpha value is -2.22. The normalized spacial score (nSPS) is 15.0. The van der Waals surface area contributed by atoms with Gasteiger partial charge in [-0.15, -0.1) is 11.3 Å². The van der Waals surface area contributed by atoms with Gasteiger partial charge in [0.2, 0.25) is 5.95 Å². The Kier molecular flexibility index (Phi) is 6.38. The van der Waals surface area contributed by atoms with Gasteiger partial charge in [0.1, 0.15) is 10.8 Å². The molecule has 0 amide bonds. The molecule has 2 aromatic heterocycles. The Bertz CT molecular complexity index is 743. The average molecular weight is 375 g/mol. The number of aromatic carboxylic acids is 1. The number of hydrogen-bond donors (Lipinski definition) is 3. The summed E-state index contributed by atoms with van der Waals surface area (Å²) in [5, 5.41) is 18.1. The van der Waals surface area contributed by atoms with Crippen LogP contribution in [0.5, 0.6) is 0 Å². The number of unbranched alkanes of at least 4 members (excludes halogenated alkanes) is 1. The van der Waals surface area contributed by atoms with Crippen molar-refractivity contribution in [2.24, 2.45) is 0 Å². The lowest BCUT2D eigenvalue weighted by Gasteiger charge is -2.24. The zero-order valence-corrected chi connectivity index (χ0v) is 15.8. The van der Waals surface area contributed by atoms with E-state index in [-0.39, 0.29) is 5.69 Å². The Morgan fingerprint density at radius 2 is 2.12 bits per heavy atom. The molecule has 3 N–H and O–H groups in total. The molecule has 0 spiro atoms. The molecule has 0 atom stereocenters. The van der Waals surface area contributed by atoms with Crippen molar-refractivity contribution in [3.8, 4) is 10.6 Å². The van der Waals surface area contributed by atoms with Crippen LogP contribution in [0.2, 0.25) is 0 Å². The van der Waals surface area contributed by atoms with Crippen LogP contribution in [0.15, 0.2) is 11.6 Å². The highest BCUT2D eigenvalue weighted by atomic mass is 32.1. The number of carboxylic acids is 1. The Labute approximate surface area is 157 Å². The zero-order valence-electron chi connectivity index (χ0n) is 15.0.